The number of hydrogen-bond acceptors (Lipinski definition) is 4. The van der Waals surface area contributed by atoms with Gasteiger partial charge in [-0.15, -0.1) is 11.3 Å². The Morgan fingerprint density at radius 1 is 1.44 bits per heavy atom. The van der Waals surface area contributed by atoms with Crippen molar-refractivity contribution in [2.75, 3.05) is 0 Å². The van der Waals surface area contributed by atoms with Crippen molar-refractivity contribution in [3.8, 4) is 11.6 Å². The van der Waals surface area contributed by atoms with Gasteiger partial charge in [0.05, 0.1) is 6.61 Å². The van der Waals surface area contributed by atoms with E-state index in [4.69, 9.17) is 4.74 Å². The molecular weight excluding hydrogens is 363 g/mol. The molecule has 0 unspecified atom stereocenters. The van der Waals surface area contributed by atoms with Crippen LogP contribution in [-0.2, 0) is 6.61 Å². The molecule has 0 aliphatic rings. The lowest BCUT2D eigenvalue weighted by atomic mass is 10.3. The number of rotatable bonds is 3. The van der Waals surface area contributed by atoms with Crippen LogP contribution in [0.4, 0.5) is 0 Å². The Balaban J connectivity index is 2.01. The van der Waals surface area contributed by atoms with Crippen molar-refractivity contribution in [3.05, 3.63) is 45.1 Å². The number of halogens is 1. The van der Waals surface area contributed by atoms with E-state index in [1.165, 1.54) is 11.3 Å². The van der Waals surface area contributed by atoms with Crippen LogP contribution in [0.25, 0.3) is 4.96 Å². The van der Waals surface area contributed by atoms with Crippen molar-refractivity contribution in [1.29, 1.82) is 0 Å². The second-order valence-electron chi connectivity index (χ2n) is 3.64. The van der Waals surface area contributed by atoms with Gasteiger partial charge in [0.1, 0.15) is 11.4 Å². The molecule has 3 aromatic rings. The largest absolute Gasteiger partial charge is 0.437 e. The summed E-state index contributed by atoms with van der Waals surface area (Å²) in [5.41, 5.74) is 0.671. The average Bonchev–Trinajstić information content (AvgIpc) is 2.89. The number of benzene rings is 1. The minimum Gasteiger partial charge on any atom is -0.437 e. The van der Waals surface area contributed by atoms with Crippen LogP contribution in [0.15, 0.2) is 35.8 Å². The Bertz CT molecular complexity index is 692. The van der Waals surface area contributed by atoms with E-state index in [1.807, 2.05) is 40.2 Å². The van der Waals surface area contributed by atoms with E-state index in [9.17, 15) is 5.11 Å². The van der Waals surface area contributed by atoms with Crippen LogP contribution in [0.5, 0.6) is 11.6 Å². The van der Waals surface area contributed by atoms with Crippen molar-refractivity contribution in [1.82, 2.24) is 9.38 Å². The summed E-state index contributed by atoms with van der Waals surface area (Å²) in [5, 5.41) is 11.3. The summed E-state index contributed by atoms with van der Waals surface area (Å²) in [5.74, 6) is 1.19. The van der Waals surface area contributed by atoms with Crippen molar-refractivity contribution in [3.63, 3.8) is 0 Å². The number of imidazole rings is 1. The molecule has 4 nitrogen and oxygen atoms in total. The average molecular weight is 372 g/mol. The fourth-order valence-electron chi connectivity index (χ4n) is 1.68. The highest BCUT2D eigenvalue weighted by atomic mass is 127. The van der Waals surface area contributed by atoms with E-state index in [2.05, 4.69) is 27.6 Å². The molecule has 0 atom stereocenters. The van der Waals surface area contributed by atoms with Crippen LogP contribution >= 0.6 is 33.9 Å². The summed E-state index contributed by atoms with van der Waals surface area (Å²) < 4.78 is 8.67. The predicted octanol–water partition coefficient (Wildman–Crippen LogP) is 3.29. The Morgan fingerprint density at radius 3 is 3.11 bits per heavy atom. The topological polar surface area (TPSA) is 46.8 Å². The van der Waals surface area contributed by atoms with E-state index in [1.54, 1.807) is 0 Å². The summed E-state index contributed by atoms with van der Waals surface area (Å²) in [7, 11) is 0. The quantitative estimate of drug-likeness (QED) is 0.718. The molecule has 2 heterocycles. The van der Waals surface area contributed by atoms with Gasteiger partial charge in [0.2, 0.25) is 5.88 Å². The van der Waals surface area contributed by atoms with Crippen LogP contribution < -0.4 is 4.74 Å². The molecule has 0 amide bonds. The van der Waals surface area contributed by atoms with Crippen molar-refractivity contribution < 1.29 is 9.84 Å². The smallest absolute Gasteiger partial charge is 0.244 e. The molecule has 0 aliphatic heterocycles. The number of nitrogens with zero attached hydrogens (tertiary/aromatic N) is 2. The first-order valence-electron chi connectivity index (χ1n) is 5.26. The second-order valence-corrected chi connectivity index (χ2v) is 5.76. The zero-order valence-corrected chi connectivity index (χ0v) is 12.2. The summed E-state index contributed by atoms with van der Waals surface area (Å²) in [6.07, 6.45) is 1.88. The maximum Gasteiger partial charge on any atom is 0.244 e. The number of aliphatic hydroxyl groups is 1. The first-order chi connectivity index (χ1) is 8.78. The van der Waals surface area contributed by atoms with Gasteiger partial charge in [-0.3, -0.25) is 4.40 Å². The fourth-order valence-corrected chi connectivity index (χ4v) is 2.92. The lowest BCUT2D eigenvalue weighted by molar-refractivity contribution is 0.270. The molecule has 3 rings (SSSR count). The van der Waals surface area contributed by atoms with Crippen molar-refractivity contribution in [2.24, 2.45) is 0 Å². The zero-order valence-electron chi connectivity index (χ0n) is 9.21. The van der Waals surface area contributed by atoms with Gasteiger partial charge >= 0.3 is 0 Å². The summed E-state index contributed by atoms with van der Waals surface area (Å²) >= 11 is 3.74. The molecular formula is C12H9IN2O2S. The van der Waals surface area contributed by atoms with Gasteiger partial charge in [-0.25, -0.2) is 0 Å². The van der Waals surface area contributed by atoms with Gasteiger partial charge in [-0.2, -0.15) is 4.98 Å². The molecule has 2 aromatic heterocycles. The summed E-state index contributed by atoms with van der Waals surface area (Å²) in [4.78, 5) is 5.18. The monoisotopic (exact) mass is 372 g/mol. The summed E-state index contributed by atoms with van der Waals surface area (Å²) in [6.45, 7) is -0.100. The van der Waals surface area contributed by atoms with Crippen LogP contribution in [0, 0.1) is 3.57 Å². The zero-order chi connectivity index (χ0) is 12.5. The molecule has 1 N–H and O–H groups in total. The lowest BCUT2D eigenvalue weighted by Gasteiger charge is -2.04. The normalized spacial score (nSPS) is 11.0. The van der Waals surface area contributed by atoms with Gasteiger partial charge in [0.15, 0.2) is 4.96 Å². The number of aromatic nitrogens is 2. The van der Waals surface area contributed by atoms with Gasteiger partial charge in [0.25, 0.3) is 0 Å². The molecule has 6 heteroatoms. The Morgan fingerprint density at radius 2 is 2.33 bits per heavy atom. The number of ether oxygens (including phenoxy) is 1. The number of thiazole rings is 1. The predicted molar refractivity (Wildman–Crippen MR) is 78.2 cm³/mol. The highest BCUT2D eigenvalue weighted by molar-refractivity contribution is 14.1. The third-order valence-corrected chi connectivity index (χ3v) is 3.91. The minimum atomic E-state index is -0.100. The number of fused-ring (bicyclic) bond motifs is 1. The Hall–Kier alpha value is -1.12. The molecule has 92 valence electrons. The SMILES string of the molecule is OCc1c(Oc2cccc(I)c2)nc2sccn12. The molecule has 0 bridgehead atoms. The van der Waals surface area contributed by atoms with E-state index >= 15 is 0 Å². The molecule has 0 fully saturated rings. The molecule has 0 saturated carbocycles. The van der Waals surface area contributed by atoms with Gasteiger partial charge in [-0.05, 0) is 40.8 Å². The van der Waals surface area contributed by atoms with Crippen LogP contribution in [0.3, 0.4) is 0 Å². The van der Waals surface area contributed by atoms with E-state index in [-0.39, 0.29) is 6.61 Å². The van der Waals surface area contributed by atoms with Crippen LogP contribution in [-0.4, -0.2) is 14.5 Å². The summed E-state index contributed by atoms with van der Waals surface area (Å²) in [6, 6.07) is 7.71. The fraction of sp³-hybridized carbons (Fsp3) is 0.0833. The third kappa shape index (κ3) is 2.11. The third-order valence-electron chi connectivity index (χ3n) is 2.48. The highest BCUT2D eigenvalue weighted by Gasteiger charge is 2.14. The molecule has 0 spiro atoms. The van der Waals surface area contributed by atoms with Crippen LogP contribution in [0.2, 0.25) is 0 Å². The second kappa shape index (κ2) is 4.87. The Kier molecular flexibility index (Phi) is 3.23. The minimum absolute atomic E-state index is 0.100. The Labute approximate surface area is 121 Å². The number of aliphatic hydroxyl groups excluding tert-OH is 1. The van der Waals surface area contributed by atoms with Gasteiger partial charge < -0.3 is 9.84 Å². The lowest BCUT2D eigenvalue weighted by Crippen LogP contribution is -1.93. The van der Waals surface area contributed by atoms with E-state index in [0.717, 1.165) is 14.3 Å². The maximum atomic E-state index is 9.42. The van der Waals surface area contributed by atoms with E-state index < -0.39 is 0 Å². The molecule has 0 radical (unpaired) electrons. The van der Waals surface area contributed by atoms with Crippen molar-refractivity contribution in [2.45, 2.75) is 6.61 Å². The van der Waals surface area contributed by atoms with Gasteiger partial charge in [0, 0.05) is 15.1 Å². The molecule has 0 aliphatic carbocycles. The molecule has 1 aromatic carbocycles. The first kappa shape index (κ1) is 11.9. The number of hydrogen-bond donors (Lipinski definition) is 1. The standard InChI is InChI=1S/C12H9IN2O2S/c13-8-2-1-3-9(6-8)17-11-10(7-16)15-4-5-18-12(15)14-11/h1-6,16H,7H2. The van der Waals surface area contributed by atoms with Gasteiger partial charge in [-0.1, -0.05) is 6.07 Å². The maximum absolute atomic E-state index is 9.42. The molecule has 0 saturated heterocycles. The van der Waals surface area contributed by atoms with Crippen LogP contribution in [0.1, 0.15) is 5.69 Å². The molecule has 18 heavy (non-hydrogen) atoms. The van der Waals surface area contributed by atoms with E-state index in [0.29, 0.717) is 11.6 Å². The first-order valence-corrected chi connectivity index (χ1v) is 7.22. The van der Waals surface area contributed by atoms with Crippen molar-refractivity contribution >= 4 is 38.9 Å². The highest BCUT2D eigenvalue weighted by Crippen LogP contribution is 2.28.